The molecule has 0 spiro atoms. The third kappa shape index (κ3) is 3.34. The Hall–Kier alpha value is -3.89. The van der Waals surface area contributed by atoms with Gasteiger partial charge in [-0.25, -0.2) is 4.79 Å². The predicted molar refractivity (Wildman–Crippen MR) is 114 cm³/mol. The molecule has 0 amide bonds. The van der Waals surface area contributed by atoms with E-state index in [0.29, 0.717) is 13.0 Å². The van der Waals surface area contributed by atoms with Crippen LogP contribution in [0.25, 0.3) is 22.5 Å². The van der Waals surface area contributed by atoms with Crippen molar-refractivity contribution in [3.63, 3.8) is 0 Å². The summed E-state index contributed by atoms with van der Waals surface area (Å²) in [7, 11) is 0. The molecule has 0 bridgehead atoms. The molecule has 4 aromatic rings. The first-order valence-electron chi connectivity index (χ1n) is 9.24. The van der Waals surface area contributed by atoms with Gasteiger partial charge in [-0.1, -0.05) is 30.0 Å². The number of fused-ring (bicyclic) bond motifs is 3. The number of aromatic nitrogens is 3. The second-order valence-corrected chi connectivity index (χ2v) is 7.64. The Morgan fingerprint density at radius 3 is 2.97 bits per heavy atom. The zero-order chi connectivity index (χ0) is 20.5. The zero-order valence-corrected chi connectivity index (χ0v) is 16.5. The lowest BCUT2D eigenvalue weighted by Gasteiger charge is -2.00. The molecule has 0 radical (unpaired) electrons. The van der Waals surface area contributed by atoms with Crippen molar-refractivity contribution in [1.82, 2.24) is 15.2 Å². The summed E-state index contributed by atoms with van der Waals surface area (Å²) in [6.45, 7) is 0.321. The maximum absolute atomic E-state index is 11.2. The number of H-pyrrole nitrogens is 1. The van der Waals surface area contributed by atoms with Gasteiger partial charge in [0.1, 0.15) is 12.4 Å². The second-order valence-electron chi connectivity index (χ2n) is 6.73. The van der Waals surface area contributed by atoms with Crippen LogP contribution >= 0.6 is 11.3 Å². The zero-order valence-electron chi connectivity index (χ0n) is 15.7. The lowest BCUT2D eigenvalue weighted by Crippen LogP contribution is -1.99. The van der Waals surface area contributed by atoms with E-state index < -0.39 is 5.97 Å². The number of nitrogens with zero attached hydrogens (tertiary/aromatic N) is 2. The molecule has 0 fully saturated rings. The maximum atomic E-state index is 11.2. The van der Waals surface area contributed by atoms with E-state index in [1.54, 1.807) is 17.4 Å². The Bertz CT molecular complexity index is 1310. The smallest absolute Gasteiger partial charge is 0.337 e. The molecule has 1 aliphatic carbocycles. The van der Waals surface area contributed by atoms with Crippen LogP contribution in [0.1, 0.15) is 26.5 Å². The van der Waals surface area contributed by atoms with Crippen molar-refractivity contribution < 1.29 is 14.6 Å². The Morgan fingerprint density at radius 2 is 2.13 bits per heavy atom. The predicted octanol–water partition coefficient (Wildman–Crippen LogP) is 4.23. The van der Waals surface area contributed by atoms with Gasteiger partial charge >= 0.3 is 5.97 Å². The van der Waals surface area contributed by atoms with Crippen molar-refractivity contribution in [1.29, 1.82) is 0 Å². The molecule has 0 saturated heterocycles. The second kappa shape index (κ2) is 7.50. The van der Waals surface area contributed by atoms with Gasteiger partial charge < -0.3 is 9.84 Å². The lowest BCUT2D eigenvalue weighted by molar-refractivity contribution is 0.0696. The van der Waals surface area contributed by atoms with E-state index in [-0.39, 0.29) is 5.56 Å². The van der Waals surface area contributed by atoms with E-state index >= 15 is 0 Å². The number of ether oxygens (including phenoxy) is 1. The number of rotatable bonds is 4. The highest BCUT2D eigenvalue weighted by molar-refractivity contribution is 7.11. The Labute approximate surface area is 176 Å². The highest BCUT2D eigenvalue weighted by Crippen LogP contribution is 2.40. The average molecular weight is 413 g/mol. The number of hydrogen-bond acceptors (Lipinski definition) is 5. The molecule has 7 heteroatoms. The first-order valence-corrected chi connectivity index (χ1v) is 10.1. The molecule has 6 nitrogen and oxygen atoms in total. The molecule has 1 aromatic carbocycles. The molecule has 30 heavy (non-hydrogen) atoms. The van der Waals surface area contributed by atoms with Gasteiger partial charge in [-0.05, 0) is 24.3 Å². The van der Waals surface area contributed by atoms with Gasteiger partial charge in [0.25, 0.3) is 0 Å². The van der Waals surface area contributed by atoms with E-state index in [2.05, 4.69) is 27.0 Å². The Balaban J connectivity index is 1.34. The van der Waals surface area contributed by atoms with Crippen LogP contribution in [0.3, 0.4) is 0 Å². The topological polar surface area (TPSA) is 88.1 Å². The number of para-hydroxylation sites is 1. The summed E-state index contributed by atoms with van der Waals surface area (Å²) in [6.07, 6.45) is 2.02. The largest absolute Gasteiger partial charge is 0.481 e. The molecule has 0 atom stereocenters. The summed E-state index contributed by atoms with van der Waals surface area (Å²) < 4.78 is 5.59. The van der Waals surface area contributed by atoms with E-state index in [4.69, 9.17) is 4.74 Å². The molecule has 2 N–H and O–H groups in total. The number of carboxylic acid groups (broad SMARTS) is 1. The van der Waals surface area contributed by atoms with Crippen LogP contribution < -0.4 is 4.74 Å². The van der Waals surface area contributed by atoms with Crippen molar-refractivity contribution in [3.8, 4) is 40.1 Å². The minimum absolute atomic E-state index is 0.170. The summed E-state index contributed by atoms with van der Waals surface area (Å²) in [5.41, 5.74) is 5.54. The van der Waals surface area contributed by atoms with Crippen molar-refractivity contribution in [2.45, 2.75) is 6.42 Å². The minimum Gasteiger partial charge on any atom is -0.481 e. The van der Waals surface area contributed by atoms with Crippen molar-refractivity contribution in [2.24, 2.45) is 0 Å². The van der Waals surface area contributed by atoms with E-state index in [0.717, 1.165) is 44.4 Å². The molecular weight excluding hydrogens is 398 g/mol. The van der Waals surface area contributed by atoms with E-state index in [1.165, 1.54) is 6.20 Å². The summed E-state index contributed by atoms with van der Waals surface area (Å²) >= 11 is 1.55. The number of carbonyl (C=O) groups is 1. The fourth-order valence-electron chi connectivity index (χ4n) is 3.42. The molecule has 0 aliphatic heterocycles. The monoisotopic (exact) mass is 413 g/mol. The van der Waals surface area contributed by atoms with Crippen LogP contribution in [0, 0.1) is 11.8 Å². The first kappa shape index (κ1) is 18.2. The Kier molecular flexibility index (Phi) is 4.54. The van der Waals surface area contributed by atoms with Gasteiger partial charge in [-0.15, -0.1) is 11.3 Å². The summed E-state index contributed by atoms with van der Waals surface area (Å²) in [6, 6.07) is 13.2. The van der Waals surface area contributed by atoms with Crippen molar-refractivity contribution in [3.05, 3.63) is 75.7 Å². The van der Waals surface area contributed by atoms with E-state index in [1.807, 2.05) is 41.8 Å². The fourth-order valence-corrected chi connectivity index (χ4v) is 4.18. The van der Waals surface area contributed by atoms with Gasteiger partial charge in [0, 0.05) is 34.7 Å². The van der Waals surface area contributed by atoms with Crippen LogP contribution in [0.4, 0.5) is 0 Å². The van der Waals surface area contributed by atoms with Crippen LogP contribution in [-0.2, 0) is 6.42 Å². The van der Waals surface area contributed by atoms with Crippen molar-refractivity contribution in [2.75, 3.05) is 6.61 Å². The van der Waals surface area contributed by atoms with Gasteiger partial charge in [0.05, 0.1) is 27.5 Å². The number of thiophene rings is 1. The molecule has 5 rings (SSSR count). The molecular formula is C23H15N3O3S. The molecule has 146 valence electrons. The standard InChI is InChI=1S/C23H15N3O3S/c27-23(28)14-10-18-20(24-12-14)11-19-21(25-26-22(18)19)15-9-17(30-13-15)7-4-8-29-16-5-2-1-3-6-16/h1-3,5-6,9-10,12-13H,8,11H2,(H,25,26)(H,27,28). The third-order valence-corrected chi connectivity index (χ3v) is 5.68. The van der Waals surface area contributed by atoms with Crippen LogP contribution in [-0.4, -0.2) is 32.9 Å². The average Bonchev–Trinajstić information content (AvgIpc) is 3.46. The number of benzene rings is 1. The van der Waals surface area contributed by atoms with Crippen LogP contribution in [0.15, 0.2) is 54.0 Å². The van der Waals surface area contributed by atoms with Gasteiger partial charge in [0.15, 0.2) is 0 Å². The highest BCUT2D eigenvalue weighted by atomic mass is 32.1. The molecule has 0 unspecified atom stereocenters. The number of carboxylic acids is 1. The maximum Gasteiger partial charge on any atom is 0.337 e. The number of aromatic amines is 1. The van der Waals surface area contributed by atoms with Crippen LogP contribution in [0.5, 0.6) is 5.75 Å². The summed E-state index contributed by atoms with van der Waals surface area (Å²) in [5.74, 6) is 5.97. The number of hydrogen-bond donors (Lipinski definition) is 2. The molecule has 3 heterocycles. The number of nitrogens with one attached hydrogen (secondary N) is 1. The van der Waals surface area contributed by atoms with Crippen LogP contribution in [0.2, 0.25) is 0 Å². The first-order chi connectivity index (χ1) is 14.7. The third-order valence-electron chi connectivity index (χ3n) is 4.84. The highest BCUT2D eigenvalue weighted by Gasteiger charge is 2.27. The van der Waals surface area contributed by atoms with Gasteiger partial charge in [-0.3, -0.25) is 10.1 Å². The quantitative estimate of drug-likeness (QED) is 0.431. The number of pyridine rings is 1. The Morgan fingerprint density at radius 1 is 1.27 bits per heavy atom. The van der Waals surface area contributed by atoms with Gasteiger partial charge in [-0.2, -0.15) is 5.10 Å². The fraction of sp³-hybridized carbons (Fsp3) is 0.0870. The molecule has 3 aromatic heterocycles. The van der Waals surface area contributed by atoms with Crippen molar-refractivity contribution >= 4 is 17.3 Å². The molecule has 1 aliphatic rings. The SMILES string of the molecule is O=C(O)c1cnc2c(c1)-c1[nH]nc(-c3csc(C#CCOc4ccccc4)c3)c1C2. The summed E-state index contributed by atoms with van der Waals surface area (Å²) in [5, 5.41) is 18.8. The minimum atomic E-state index is -0.990. The lowest BCUT2D eigenvalue weighted by atomic mass is 10.1. The summed E-state index contributed by atoms with van der Waals surface area (Å²) in [4.78, 5) is 16.5. The number of aromatic carboxylic acids is 1. The normalized spacial score (nSPS) is 11.3. The van der Waals surface area contributed by atoms with Gasteiger partial charge in [0.2, 0.25) is 0 Å². The van der Waals surface area contributed by atoms with E-state index in [9.17, 15) is 9.90 Å². The molecule has 0 saturated carbocycles.